The molecule has 0 unspecified atom stereocenters. The minimum atomic E-state index is -3.54. The van der Waals surface area contributed by atoms with Gasteiger partial charge in [-0.3, -0.25) is 4.79 Å². The number of benzene rings is 2. The van der Waals surface area contributed by atoms with E-state index in [0.29, 0.717) is 18.2 Å². The monoisotopic (exact) mass is 484 g/mol. The number of tetrazole rings is 1. The van der Waals surface area contributed by atoms with E-state index in [-0.39, 0.29) is 24.7 Å². The van der Waals surface area contributed by atoms with E-state index in [2.05, 4.69) is 15.5 Å². The molecule has 1 aliphatic heterocycles. The Morgan fingerprint density at radius 1 is 1.03 bits per heavy atom. The van der Waals surface area contributed by atoms with Gasteiger partial charge >= 0.3 is 0 Å². The Kier molecular flexibility index (Phi) is 7.21. The molecule has 3 aromatic rings. The van der Waals surface area contributed by atoms with Crippen molar-refractivity contribution >= 4 is 33.8 Å². The molecule has 1 saturated heterocycles. The van der Waals surface area contributed by atoms with Gasteiger partial charge in [0, 0.05) is 31.6 Å². The van der Waals surface area contributed by atoms with Crippen LogP contribution in [0.3, 0.4) is 0 Å². The summed E-state index contributed by atoms with van der Waals surface area (Å²) in [7, 11) is -3.54. The molecule has 0 N–H and O–H groups in total. The number of amides is 1. The molecule has 2 heterocycles. The van der Waals surface area contributed by atoms with Crippen molar-refractivity contribution in [1.29, 1.82) is 0 Å². The highest BCUT2D eigenvalue weighted by Crippen LogP contribution is 2.21. The second-order valence-electron chi connectivity index (χ2n) is 7.49. The summed E-state index contributed by atoms with van der Waals surface area (Å²) in [5.74, 6) is 0.101. The number of nitrogens with zero attached hydrogens (tertiary/aromatic N) is 6. The van der Waals surface area contributed by atoms with Gasteiger partial charge in [-0.25, -0.2) is 8.42 Å². The standard InChI is InChI=1S/C22H24N6O3S2/c1-18-7-5-6-10-20(18)28-22(23-24-25-28)32-17-21(29)26-12-14-27(15-13-26)33(30,31)16-11-19-8-3-2-4-9-19/h2-11,16H,12-15,17H2,1H3. The first kappa shape index (κ1) is 23.1. The summed E-state index contributed by atoms with van der Waals surface area (Å²) in [6.45, 7) is 3.19. The number of hydrogen-bond acceptors (Lipinski definition) is 7. The van der Waals surface area contributed by atoms with E-state index in [9.17, 15) is 13.2 Å². The lowest BCUT2D eigenvalue weighted by molar-refractivity contribution is -0.129. The first-order valence-electron chi connectivity index (χ1n) is 10.4. The number of carbonyl (C=O) groups is 1. The molecule has 2 aromatic carbocycles. The molecule has 0 spiro atoms. The number of piperazine rings is 1. The Morgan fingerprint density at radius 2 is 1.73 bits per heavy atom. The topological polar surface area (TPSA) is 101 Å². The van der Waals surface area contributed by atoms with Gasteiger partial charge < -0.3 is 4.90 Å². The molecule has 0 bridgehead atoms. The van der Waals surface area contributed by atoms with E-state index in [1.54, 1.807) is 15.7 Å². The van der Waals surface area contributed by atoms with E-state index in [4.69, 9.17) is 0 Å². The Balaban J connectivity index is 1.31. The third-order valence-corrected chi connectivity index (χ3v) is 7.76. The Hall–Kier alpha value is -3.02. The second-order valence-corrected chi connectivity index (χ2v) is 10.2. The molecule has 0 saturated carbocycles. The number of carbonyl (C=O) groups excluding carboxylic acids is 1. The average molecular weight is 485 g/mol. The summed E-state index contributed by atoms with van der Waals surface area (Å²) in [6, 6.07) is 17.0. The van der Waals surface area contributed by atoms with E-state index in [1.807, 2.05) is 61.5 Å². The van der Waals surface area contributed by atoms with Crippen molar-refractivity contribution in [2.75, 3.05) is 31.9 Å². The third kappa shape index (κ3) is 5.67. The van der Waals surface area contributed by atoms with Crippen LogP contribution in [-0.4, -0.2) is 75.7 Å². The fourth-order valence-corrected chi connectivity index (χ4v) is 5.41. The van der Waals surface area contributed by atoms with Gasteiger partial charge in [0.15, 0.2) is 0 Å². The van der Waals surface area contributed by atoms with Crippen molar-refractivity contribution in [3.05, 3.63) is 71.1 Å². The number of aryl methyl sites for hydroxylation is 1. The summed E-state index contributed by atoms with van der Waals surface area (Å²) in [5, 5.41) is 13.6. The summed E-state index contributed by atoms with van der Waals surface area (Å²) >= 11 is 1.26. The summed E-state index contributed by atoms with van der Waals surface area (Å²) in [5.41, 5.74) is 2.70. The molecule has 9 nitrogen and oxygen atoms in total. The number of aromatic nitrogens is 4. The maximum Gasteiger partial charge on any atom is 0.236 e. The van der Waals surface area contributed by atoms with Gasteiger partial charge in [-0.15, -0.1) is 5.10 Å². The van der Waals surface area contributed by atoms with Gasteiger partial charge in [-0.2, -0.15) is 8.99 Å². The lowest BCUT2D eigenvalue weighted by Crippen LogP contribution is -2.50. The molecule has 33 heavy (non-hydrogen) atoms. The molecule has 11 heteroatoms. The van der Waals surface area contributed by atoms with Crippen molar-refractivity contribution in [2.45, 2.75) is 12.1 Å². The fourth-order valence-electron chi connectivity index (χ4n) is 3.45. The molecule has 0 atom stereocenters. The van der Waals surface area contributed by atoms with Crippen molar-refractivity contribution < 1.29 is 13.2 Å². The predicted octanol–water partition coefficient (Wildman–Crippen LogP) is 2.21. The zero-order valence-corrected chi connectivity index (χ0v) is 19.7. The number of thioether (sulfide) groups is 1. The van der Waals surface area contributed by atoms with Crippen LogP contribution in [-0.2, 0) is 14.8 Å². The van der Waals surface area contributed by atoms with Crippen molar-refractivity contribution in [2.24, 2.45) is 0 Å². The van der Waals surface area contributed by atoms with Crippen molar-refractivity contribution in [1.82, 2.24) is 29.4 Å². The number of sulfonamides is 1. The minimum absolute atomic E-state index is 0.0730. The van der Waals surface area contributed by atoms with Crippen LogP contribution >= 0.6 is 11.8 Å². The highest BCUT2D eigenvalue weighted by molar-refractivity contribution is 7.99. The van der Waals surface area contributed by atoms with Gasteiger partial charge in [-0.1, -0.05) is 60.3 Å². The molecule has 1 aromatic heterocycles. The maximum absolute atomic E-state index is 12.7. The molecule has 0 aliphatic carbocycles. The summed E-state index contributed by atoms with van der Waals surface area (Å²) in [6.07, 6.45) is 1.59. The Morgan fingerprint density at radius 3 is 2.45 bits per heavy atom. The predicted molar refractivity (Wildman–Crippen MR) is 127 cm³/mol. The van der Waals surface area contributed by atoms with Crippen LogP contribution in [0.15, 0.2) is 65.2 Å². The van der Waals surface area contributed by atoms with E-state index in [0.717, 1.165) is 16.8 Å². The lowest BCUT2D eigenvalue weighted by Gasteiger charge is -2.33. The van der Waals surface area contributed by atoms with E-state index in [1.165, 1.54) is 21.5 Å². The quantitative estimate of drug-likeness (QED) is 0.474. The van der Waals surface area contributed by atoms with E-state index >= 15 is 0 Å². The minimum Gasteiger partial charge on any atom is -0.339 e. The molecular formula is C22H24N6O3S2. The Bertz CT molecular complexity index is 1240. The lowest BCUT2D eigenvalue weighted by atomic mass is 10.2. The van der Waals surface area contributed by atoms with Gasteiger partial charge in [0.05, 0.1) is 11.4 Å². The number of hydrogen-bond donors (Lipinski definition) is 0. The van der Waals surface area contributed by atoms with Crippen LogP contribution in [0.4, 0.5) is 0 Å². The molecule has 172 valence electrons. The molecule has 1 fully saturated rings. The highest BCUT2D eigenvalue weighted by Gasteiger charge is 2.27. The smallest absolute Gasteiger partial charge is 0.236 e. The van der Waals surface area contributed by atoms with Crippen LogP contribution in [0.25, 0.3) is 11.8 Å². The van der Waals surface area contributed by atoms with Gasteiger partial charge in [0.2, 0.25) is 21.1 Å². The zero-order chi connectivity index (χ0) is 23.3. The van der Waals surface area contributed by atoms with Crippen molar-refractivity contribution in [3.8, 4) is 5.69 Å². The van der Waals surface area contributed by atoms with Crippen LogP contribution in [0.1, 0.15) is 11.1 Å². The Labute approximate surface area is 197 Å². The number of rotatable bonds is 7. The molecule has 1 amide bonds. The normalized spacial score (nSPS) is 15.2. The molecule has 4 rings (SSSR count). The molecular weight excluding hydrogens is 460 g/mol. The largest absolute Gasteiger partial charge is 0.339 e. The van der Waals surface area contributed by atoms with Crippen LogP contribution in [0.5, 0.6) is 0 Å². The second kappa shape index (κ2) is 10.3. The molecule has 0 radical (unpaired) electrons. The molecule has 1 aliphatic rings. The van der Waals surface area contributed by atoms with Crippen LogP contribution < -0.4 is 0 Å². The fraction of sp³-hybridized carbons (Fsp3) is 0.273. The average Bonchev–Trinajstić information content (AvgIpc) is 3.31. The van der Waals surface area contributed by atoms with Crippen molar-refractivity contribution in [3.63, 3.8) is 0 Å². The SMILES string of the molecule is Cc1ccccc1-n1nnnc1SCC(=O)N1CCN(S(=O)(=O)C=Cc2ccccc2)CC1. The highest BCUT2D eigenvalue weighted by atomic mass is 32.2. The maximum atomic E-state index is 12.7. The zero-order valence-electron chi connectivity index (χ0n) is 18.1. The summed E-state index contributed by atoms with van der Waals surface area (Å²) in [4.78, 5) is 14.4. The van der Waals surface area contributed by atoms with Gasteiger partial charge in [0.25, 0.3) is 0 Å². The van der Waals surface area contributed by atoms with Gasteiger partial charge in [0.1, 0.15) is 0 Å². The first-order chi connectivity index (χ1) is 15.9. The third-order valence-electron chi connectivity index (χ3n) is 5.29. The first-order valence-corrected chi connectivity index (χ1v) is 12.9. The van der Waals surface area contributed by atoms with Crippen LogP contribution in [0, 0.1) is 6.92 Å². The van der Waals surface area contributed by atoms with Crippen LogP contribution in [0.2, 0.25) is 0 Å². The van der Waals surface area contributed by atoms with Gasteiger partial charge in [-0.05, 0) is 40.6 Å². The van der Waals surface area contributed by atoms with E-state index < -0.39 is 10.0 Å². The number of para-hydroxylation sites is 1. The summed E-state index contributed by atoms with van der Waals surface area (Å²) < 4.78 is 28.3.